The molecule has 0 unspecified atom stereocenters. The van der Waals surface area contributed by atoms with E-state index in [9.17, 15) is 4.79 Å². The Hall–Kier alpha value is -0.280. The molecule has 3 fully saturated rings. The molecule has 0 aromatic carbocycles. The highest BCUT2D eigenvalue weighted by molar-refractivity contribution is 6.20. The number of likely N-dealkylation sites (tertiary alicyclic amines) is 1. The normalized spacial score (nSPS) is 29.8. The highest BCUT2D eigenvalue weighted by Gasteiger charge is 2.36. The number of rotatable bonds is 5. The third-order valence-corrected chi connectivity index (χ3v) is 7.55. The molecule has 0 spiro atoms. The van der Waals surface area contributed by atoms with E-state index in [2.05, 4.69) is 23.6 Å². The van der Waals surface area contributed by atoms with Gasteiger partial charge in [0.2, 0.25) is 5.91 Å². The average molecular weight is 383 g/mol. The predicted octanol–water partition coefficient (Wildman–Crippen LogP) is 5.21. The third kappa shape index (κ3) is 5.38. The number of carbonyl (C=O) groups is 1. The molecule has 0 aromatic rings. The summed E-state index contributed by atoms with van der Waals surface area (Å²) in [5, 5.41) is 0.323. The maximum absolute atomic E-state index is 13.4. The summed E-state index contributed by atoms with van der Waals surface area (Å²) in [6, 6.07) is 1.52. The van der Waals surface area contributed by atoms with Gasteiger partial charge in [-0.15, -0.1) is 11.6 Å². The van der Waals surface area contributed by atoms with E-state index in [1.807, 2.05) is 0 Å². The van der Waals surface area contributed by atoms with Crippen LogP contribution in [0.3, 0.4) is 0 Å². The molecule has 4 heteroatoms. The second-order valence-corrected chi connectivity index (χ2v) is 9.89. The summed E-state index contributed by atoms with van der Waals surface area (Å²) in [4.78, 5) is 18.3. The monoisotopic (exact) mass is 382 g/mol. The van der Waals surface area contributed by atoms with E-state index in [4.69, 9.17) is 11.6 Å². The molecule has 3 aliphatic rings. The zero-order valence-electron chi connectivity index (χ0n) is 17.0. The highest BCUT2D eigenvalue weighted by atomic mass is 35.5. The van der Waals surface area contributed by atoms with E-state index in [1.165, 1.54) is 32.1 Å². The fraction of sp³-hybridized carbons (Fsp3) is 0.955. The lowest BCUT2D eigenvalue weighted by Crippen LogP contribution is -2.53. The van der Waals surface area contributed by atoms with Gasteiger partial charge in [0.1, 0.15) is 0 Å². The number of hydrogen-bond acceptors (Lipinski definition) is 2. The van der Waals surface area contributed by atoms with E-state index in [1.54, 1.807) is 0 Å². The first kappa shape index (κ1) is 20.5. The molecule has 0 N–H and O–H groups in total. The molecule has 26 heavy (non-hydrogen) atoms. The van der Waals surface area contributed by atoms with Crippen LogP contribution in [-0.2, 0) is 4.79 Å². The van der Waals surface area contributed by atoms with Gasteiger partial charge in [-0.2, -0.15) is 0 Å². The highest BCUT2D eigenvalue weighted by Crippen LogP contribution is 2.33. The van der Waals surface area contributed by atoms with E-state index >= 15 is 0 Å². The van der Waals surface area contributed by atoms with Gasteiger partial charge < -0.3 is 9.80 Å². The van der Waals surface area contributed by atoms with Crippen molar-refractivity contribution >= 4 is 17.5 Å². The van der Waals surface area contributed by atoms with Crippen molar-refractivity contribution in [3.63, 3.8) is 0 Å². The van der Waals surface area contributed by atoms with Crippen molar-refractivity contribution in [2.45, 2.75) is 114 Å². The third-order valence-electron chi connectivity index (χ3n) is 7.12. The molecule has 1 amide bonds. The Balaban J connectivity index is 1.64. The lowest BCUT2D eigenvalue weighted by Gasteiger charge is -2.45. The number of amides is 1. The molecule has 1 aliphatic heterocycles. The van der Waals surface area contributed by atoms with E-state index < -0.39 is 0 Å². The van der Waals surface area contributed by atoms with Crippen LogP contribution in [0.5, 0.6) is 0 Å². The second-order valence-electron chi connectivity index (χ2n) is 9.28. The van der Waals surface area contributed by atoms with Crippen molar-refractivity contribution in [2.75, 3.05) is 13.1 Å². The fourth-order valence-corrected chi connectivity index (χ4v) is 5.69. The van der Waals surface area contributed by atoms with Gasteiger partial charge in [-0.05, 0) is 71.1 Å². The summed E-state index contributed by atoms with van der Waals surface area (Å²) in [5.41, 5.74) is 0. The molecule has 0 aromatic heterocycles. The smallest absolute Gasteiger partial charge is 0.223 e. The number of hydrogen-bond donors (Lipinski definition) is 0. The van der Waals surface area contributed by atoms with Crippen LogP contribution in [0.1, 0.15) is 90.9 Å². The molecule has 0 atom stereocenters. The Bertz CT molecular complexity index is 433. The van der Waals surface area contributed by atoms with Crippen molar-refractivity contribution in [1.82, 2.24) is 9.80 Å². The molecule has 1 heterocycles. The summed E-state index contributed by atoms with van der Waals surface area (Å²) >= 11 is 6.35. The van der Waals surface area contributed by atoms with Gasteiger partial charge in [-0.3, -0.25) is 4.79 Å². The number of alkyl halides is 1. The molecule has 0 bridgehead atoms. The Morgan fingerprint density at radius 2 is 1.50 bits per heavy atom. The Labute approximate surface area is 165 Å². The lowest BCUT2D eigenvalue weighted by molar-refractivity contribution is -0.139. The van der Waals surface area contributed by atoms with Crippen LogP contribution in [0.15, 0.2) is 0 Å². The van der Waals surface area contributed by atoms with Crippen molar-refractivity contribution in [1.29, 1.82) is 0 Å². The standard InChI is InChI=1S/C22H39ClN2O/c1-17(2)24-14-12-21(13-15-24)25(20-10-8-19(23)9-11-20)22(26)16-18-6-4-3-5-7-18/h17-21H,3-16H2,1-2H3. The molecule has 3 nitrogen and oxygen atoms in total. The SMILES string of the molecule is CC(C)N1CCC(N(C(=O)CC2CCCCC2)C2CCC(Cl)CC2)CC1. The number of halogens is 1. The minimum atomic E-state index is 0.323. The minimum absolute atomic E-state index is 0.323. The zero-order chi connectivity index (χ0) is 18.5. The summed E-state index contributed by atoms with van der Waals surface area (Å²) < 4.78 is 0. The van der Waals surface area contributed by atoms with Gasteiger partial charge in [-0.1, -0.05) is 19.3 Å². The number of piperidine rings is 1. The molecule has 2 saturated carbocycles. The van der Waals surface area contributed by atoms with Crippen LogP contribution in [0, 0.1) is 5.92 Å². The lowest BCUT2D eigenvalue weighted by atomic mass is 9.85. The largest absolute Gasteiger partial charge is 0.337 e. The molecule has 0 radical (unpaired) electrons. The van der Waals surface area contributed by atoms with Crippen LogP contribution < -0.4 is 0 Å². The number of nitrogens with zero attached hydrogens (tertiary/aromatic N) is 2. The van der Waals surface area contributed by atoms with E-state index in [0.29, 0.717) is 35.3 Å². The first-order chi connectivity index (χ1) is 12.5. The van der Waals surface area contributed by atoms with Crippen molar-refractivity contribution in [3.8, 4) is 0 Å². The van der Waals surface area contributed by atoms with Crippen LogP contribution >= 0.6 is 11.6 Å². The van der Waals surface area contributed by atoms with Crippen LogP contribution in [-0.4, -0.2) is 52.3 Å². The van der Waals surface area contributed by atoms with Crippen LogP contribution in [0.4, 0.5) is 0 Å². The molecular formula is C22H39ClN2O. The quantitative estimate of drug-likeness (QED) is 0.609. The Kier molecular flexibility index (Phi) is 7.69. The number of carbonyl (C=O) groups excluding carboxylic acids is 1. The van der Waals surface area contributed by atoms with Gasteiger partial charge in [0.05, 0.1) is 0 Å². The summed E-state index contributed by atoms with van der Waals surface area (Å²) in [7, 11) is 0. The average Bonchev–Trinajstić information content (AvgIpc) is 2.65. The van der Waals surface area contributed by atoms with Crippen LogP contribution in [0.2, 0.25) is 0 Å². The maximum Gasteiger partial charge on any atom is 0.223 e. The van der Waals surface area contributed by atoms with E-state index in [0.717, 1.165) is 58.0 Å². The topological polar surface area (TPSA) is 23.6 Å². The summed E-state index contributed by atoms with van der Waals surface area (Å²) in [5.74, 6) is 1.09. The van der Waals surface area contributed by atoms with Gasteiger partial charge in [0.15, 0.2) is 0 Å². The molecular weight excluding hydrogens is 344 g/mol. The Morgan fingerprint density at radius 3 is 2.08 bits per heavy atom. The summed E-state index contributed by atoms with van der Waals surface area (Å²) in [6.45, 7) is 6.85. The molecule has 150 valence electrons. The van der Waals surface area contributed by atoms with Crippen molar-refractivity contribution < 1.29 is 4.79 Å². The first-order valence-electron chi connectivity index (χ1n) is 11.2. The van der Waals surface area contributed by atoms with Gasteiger partial charge in [-0.25, -0.2) is 0 Å². The Morgan fingerprint density at radius 1 is 0.923 bits per heavy atom. The first-order valence-corrected chi connectivity index (χ1v) is 11.7. The van der Waals surface area contributed by atoms with Gasteiger partial charge in [0.25, 0.3) is 0 Å². The van der Waals surface area contributed by atoms with Crippen molar-refractivity contribution in [3.05, 3.63) is 0 Å². The van der Waals surface area contributed by atoms with Crippen molar-refractivity contribution in [2.24, 2.45) is 5.92 Å². The molecule has 1 saturated heterocycles. The van der Waals surface area contributed by atoms with Crippen LogP contribution in [0.25, 0.3) is 0 Å². The van der Waals surface area contributed by atoms with Gasteiger partial charge >= 0.3 is 0 Å². The summed E-state index contributed by atoms with van der Waals surface area (Å²) in [6.07, 6.45) is 14.0. The molecule has 2 aliphatic carbocycles. The molecule has 3 rings (SSSR count). The zero-order valence-corrected chi connectivity index (χ0v) is 17.7. The maximum atomic E-state index is 13.4. The van der Waals surface area contributed by atoms with E-state index in [-0.39, 0.29) is 0 Å². The predicted molar refractivity (Wildman–Crippen MR) is 110 cm³/mol. The fourth-order valence-electron chi connectivity index (χ4n) is 5.44. The minimum Gasteiger partial charge on any atom is -0.337 e. The second kappa shape index (κ2) is 9.78. The van der Waals surface area contributed by atoms with Gasteiger partial charge in [0, 0.05) is 43.0 Å².